The number of fused-ring (bicyclic) bond motifs is 1. The SMILES string of the molecule is Cc1cc(CNCc2c(O)ccc3ccccc23)no1. The van der Waals surface area contributed by atoms with E-state index < -0.39 is 0 Å². The van der Waals surface area contributed by atoms with Crippen molar-refractivity contribution in [1.29, 1.82) is 0 Å². The molecule has 0 atom stereocenters. The minimum Gasteiger partial charge on any atom is -0.508 e. The summed E-state index contributed by atoms with van der Waals surface area (Å²) in [5.41, 5.74) is 1.77. The van der Waals surface area contributed by atoms with E-state index in [1.807, 2.05) is 43.3 Å². The van der Waals surface area contributed by atoms with Crippen LogP contribution >= 0.6 is 0 Å². The van der Waals surface area contributed by atoms with Crippen LogP contribution in [0.1, 0.15) is 17.0 Å². The van der Waals surface area contributed by atoms with Gasteiger partial charge < -0.3 is 14.9 Å². The van der Waals surface area contributed by atoms with Crippen LogP contribution in [-0.2, 0) is 13.1 Å². The molecule has 20 heavy (non-hydrogen) atoms. The first-order chi connectivity index (χ1) is 9.74. The highest BCUT2D eigenvalue weighted by atomic mass is 16.5. The van der Waals surface area contributed by atoms with Crippen LogP contribution in [0.5, 0.6) is 5.75 Å². The van der Waals surface area contributed by atoms with E-state index in [1.54, 1.807) is 6.07 Å². The fourth-order valence-electron chi connectivity index (χ4n) is 2.33. The van der Waals surface area contributed by atoms with Crippen molar-refractivity contribution >= 4 is 10.8 Å². The van der Waals surface area contributed by atoms with Crippen molar-refractivity contribution in [3.8, 4) is 5.75 Å². The summed E-state index contributed by atoms with van der Waals surface area (Å²) >= 11 is 0. The van der Waals surface area contributed by atoms with Crippen molar-refractivity contribution in [2.75, 3.05) is 0 Å². The Bertz CT molecular complexity index is 734. The van der Waals surface area contributed by atoms with Crippen molar-refractivity contribution in [3.05, 3.63) is 59.5 Å². The number of hydrogen-bond donors (Lipinski definition) is 2. The lowest BCUT2D eigenvalue weighted by atomic mass is 10.0. The van der Waals surface area contributed by atoms with Crippen molar-refractivity contribution in [2.45, 2.75) is 20.0 Å². The van der Waals surface area contributed by atoms with Gasteiger partial charge in [-0.05, 0) is 23.8 Å². The van der Waals surface area contributed by atoms with E-state index in [2.05, 4.69) is 10.5 Å². The molecule has 0 aliphatic rings. The van der Waals surface area contributed by atoms with Crippen LogP contribution in [-0.4, -0.2) is 10.3 Å². The number of aromatic nitrogens is 1. The fourth-order valence-corrected chi connectivity index (χ4v) is 2.33. The lowest BCUT2D eigenvalue weighted by Gasteiger charge is -2.09. The molecule has 4 heteroatoms. The average molecular weight is 268 g/mol. The first-order valence-electron chi connectivity index (χ1n) is 6.56. The molecule has 0 saturated heterocycles. The number of phenolic OH excluding ortho intramolecular Hbond substituents is 1. The van der Waals surface area contributed by atoms with Gasteiger partial charge in [-0.3, -0.25) is 0 Å². The second-order valence-electron chi connectivity index (χ2n) is 4.82. The summed E-state index contributed by atoms with van der Waals surface area (Å²) in [5.74, 6) is 1.11. The number of benzene rings is 2. The Kier molecular flexibility index (Phi) is 3.39. The molecule has 1 aromatic heterocycles. The number of nitrogens with one attached hydrogen (secondary N) is 1. The van der Waals surface area contributed by atoms with Gasteiger partial charge in [0, 0.05) is 24.7 Å². The third-order valence-corrected chi connectivity index (χ3v) is 3.30. The molecular weight excluding hydrogens is 252 g/mol. The Morgan fingerprint density at radius 3 is 2.80 bits per heavy atom. The normalized spacial score (nSPS) is 11.1. The summed E-state index contributed by atoms with van der Waals surface area (Å²) in [6.45, 7) is 3.06. The molecule has 2 aromatic carbocycles. The lowest BCUT2D eigenvalue weighted by molar-refractivity contribution is 0.388. The van der Waals surface area contributed by atoms with E-state index in [-0.39, 0.29) is 0 Å². The maximum Gasteiger partial charge on any atom is 0.133 e. The zero-order valence-electron chi connectivity index (χ0n) is 11.3. The molecule has 0 bridgehead atoms. The summed E-state index contributed by atoms with van der Waals surface area (Å²) in [5, 5.41) is 19.4. The number of aromatic hydroxyl groups is 1. The van der Waals surface area contributed by atoms with Crippen LogP contribution in [0.25, 0.3) is 10.8 Å². The third kappa shape index (κ3) is 2.51. The van der Waals surface area contributed by atoms with Crippen LogP contribution in [0, 0.1) is 6.92 Å². The fraction of sp³-hybridized carbons (Fsp3) is 0.188. The first kappa shape index (κ1) is 12.7. The summed E-state index contributed by atoms with van der Waals surface area (Å²) in [6.07, 6.45) is 0. The molecule has 0 amide bonds. The molecule has 0 fully saturated rings. The van der Waals surface area contributed by atoms with Crippen molar-refractivity contribution in [2.24, 2.45) is 0 Å². The van der Waals surface area contributed by atoms with Gasteiger partial charge in [-0.15, -0.1) is 0 Å². The van der Waals surface area contributed by atoms with Crippen LogP contribution in [0.3, 0.4) is 0 Å². The summed E-state index contributed by atoms with van der Waals surface area (Å²) in [7, 11) is 0. The Balaban J connectivity index is 1.78. The molecule has 0 radical (unpaired) electrons. The molecule has 102 valence electrons. The van der Waals surface area contributed by atoms with Crippen LogP contribution in [0.2, 0.25) is 0 Å². The molecule has 0 aliphatic heterocycles. The molecule has 3 rings (SSSR count). The van der Waals surface area contributed by atoms with Gasteiger partial charge in [0.2, 0.25) is 0 Å². The molecule has 1 heterocycles. The molecule has 0 saturated carbocycles. The standard InChI is InChI=1S/C16H16N2O2/c1-11-8-13(18-20-11)9-17-10-15-14-5-3-2-4-12(14)6-7-16(15)19/h2-8,17,19H,9-10H2,1H3. The summed E-state index contributed by atoms with van der Waals surface area (Å²) in [6, 6.07) is 13.6. The summed E-state index contributed by atoms with van der Waals surface area (Å²) < 4.78 is 5.02. The average Bonchev–Trinajstić information content (AvgIpc) is 2.87. The highest BCUT2D eigenvalue weighted by molar-refractivity contribution is 5.87. The van der Waals surface area contributed by atoms with Crippen molar-refractivity contribution < 1.29 is 9.63 Å². The topological polar surface area (TPSA) is 58.3 Å². The van der Waals surface area contributed by atoms with Gasteiger partial charge in [-0.25, -0.2) is 0 Å². The van der Waals surface area contributed by atoms with Gasteiger partial charge >= 0.3 is 0 Å². The monoisotopic (exact) mass is 268 g/mol. The van der Waals surface area contributed by atoms with Crippen molar-refractivity contribution in [1.82, 2.24) is 10.5 Å². The zero-order valence-corrected chi connectivity index (χ0v) is 11.3. The quantitative estimate of drug-likeness (QED) is 0.763. The Labute approximate surface area is 117 Å². The number of nitrogens with zero attached hydrogens (tertiary/aromatic N) is 1. The van der Waals surface area contributed by atoms with E-state index >= 15 is 0 Å². The number of phenols is 1. The van der Waals surface area contributed by atoms with Crippen LogP contribution < -0.4 is 5.32 Å². The molecule has 4 nitrogen and oxygen atoms in total. The molecule has 0 aliphatic carbocycles. The zero-order chi connectivity index (χ0) is 13.9. The predicted molar refractivity (Wildman–Crippen MR) is 77.4 cm³/mol. The Hall–Kier alpha value is -2.33. The second kappa shape index (κ2) is 5.35. The Morgan fingerprint density at radius 1 is 1.15 bits per heavy atom. The largest absolute Gasteiger partial charge is 0.508 e. The molecule has 0 spiro atoms. The van der Waals surface area contributed by atoms with Gasteiger partial charge in [0.25, 0.3) is 0 Å². The lowest BCUT2D eigenvalue weighted by Crippen LogP contribution is -2.13. The highest BCUT2D eigenvalue weighted by Gasteiger charge is 2.07. The maximum atomic E-state index is 10.0. The second-order valence-corrected chi connectivity index (χ2v) is 4.82. The molecule has 2 N–H and O–H groups in total. The smallest absolute Gasteiger partial charge is 0.133 e. The minimum absolute atomic E-state index is 0.313. The number of hydrogen-bond acceptors (Lipinski definition) is 4. The van der Waals surface area contributed by atoms with Gasteiger partial charge in [-0.2, -0.15) is 0 Å². The first-order valence-corrected chi connectivity index (χ1v) is 6.56. The number of rotatable bonds is 4. The van der Waals surface area contributed by atoms with Crippen molar-refractivity contribution in [3.63, 3.8) is 0 Å². The molecular formula is C16H16N2O2. The van der Waals surface area contributed by atoms with Gasteiger partial charge in [-0.1, -0.05) is 35.5 Å². The third-order valence-electron chi connectivity index (χ3n) is 3.30. The maximum absolute atomic E-state index is 10.0. The van der Waals surface area contributed by atoms with Gasteiger partial charge in [0.1, 0.15) is 11.5 Å². The molecule has 3 aromatic rings. The van der Waals surface area contributed by atoms with E-state index in [4.69, 9.17) is 4.52 Å². The van der Waals surface area contributed by atoms with Crippen LogP contribution in [0.4, 0.5) is 0 Å². The van der Waals surface area contributed by atoms with Crippen LogP contribution in [0.15, 0.2) is 47.0 Å². The van der Waals surface area contributed by atoms with Gasteiger partial charge in [0.15, 0.2) is 0 Å². The minimum atomic E-state index is 0.313. The van der Waals surface area contributed by atoms with E-state index in [9.17, 15) is 5.11 Å². The summed E-state index contributed by atoms with van der Waals surface area (Å²) in [4.78, 5) is 0. The highest BCUT2D eigenvalue weighted by Crippen LogP contribution is 2.26. The van der Waals surface area contributed by atoms with Gasteiger partial charge in [0.05, 0.1) is 5.69 Å². The predicted octanol–water partition coefficient (Wildman–Crippen LogP) is 3.13. The molecule has 0 unspecified atom stereocenters. The van der Waals surface area contributed by atoms with E-state index in [1.165, 1.54) is 0 Å². The van der Waals surface area contributed by atoms with E-state index in [0.29, 0.717) is 18.8 Å². The van der Waals surface area contributed by atoms with E-state index in [0.717, 1.165) is 27.8 Å². The number of aryl methyl sites for hydroxylation is 1. The Morgan fingerprint density at radius 2 is 2.00 bits per heavy atom.